The van der Waals surface area contributed by atoms with Crippen molar-refractivity contribution in [1.29, 1.82) is 0 Å². The van der Waals surface area contributed by atoms with Crippen LogP contribution >= 0.6 is 0 Å². The Balaban J connectivity index is 1.68. The molecule has 7 nitrogen and oxygen atoms in total. The maximum Gasteiger partial charge on any atom is 0.308 e. The number of nitrogens with zero attached hydrogens (tertiary/aromatic N) is 3. The molecule has 0 saturated carbocycles. The zero-order valence-corrected chi connectivity index (χ0v) is 13.4. The molecule has 1 amide bonds. The van der Waals surface area contributed by atoms with Gasteiger partial charge in [-0.05, 0) is 18.1 Å². The van der Waals surface area contributed by atoms with Gasteiger partial charge in [-0.15, -0.1) is 0 Å². The fourth-order valence-corrected chi connectivity index (χ4v) is 3.13. The summed E-state index contributed by atoms with van der Waals surface area (Å²) in [5.41, 5.74) is 0.453. The largest absolute Gasteiger partial charge is 0.481 e. The second kappa shape index (κ2) is 6.43. The van der Waals surface area contributed by atoms with Gasteiger partial charge in [0.15, 0.2) is 0 Å². The number of likely N-dealkylation sites (tertiary alicyclic amines) is 1. The van der Waals surface area contributed by atoms with Crippen LogP contribution in [0.5, 0.6) is 0 Å². The fourth-order valence-electron chi connectivity index (χ4n) is 3.13. The third-order valence-electron chi connectivity index (χ3n) is 4.58. The van der Waals surface area contributed by atoms with E-state index >= 15 is 0 Å². The highest BCUT2D eigenvalue weighted by Gasteiger charge is 2.36. The van der Waals surface area contributed by atoms with Crippen LogP contribution in [0.3, 0.4) is 0 Å². The Morgan fingerprint density at radius 2 is 2.04 bits per heavy atom. The number of carbonyl (C=O) groups is 2. The number of hydrogen-bond acceptors (Lipinski definition) is 4. The number of carboxylic acids is 1. The molecule has 1 aliphatic heterocycles. The van der Waals surface area contributed by atoms with E-state index in [9.17, 15) is 14.4 Å². The van der Waals surface area contributed by atoms with Crippen molar-refractivity contribution in [3.63, 3.8) is 0 Å². The van der Waals surface area contributed by atoms with Gasteiger partial charge < -0.3 is 10.0 Å². The van der Waals surface area contributed by atoms with Gasteiger partial charge in [0.1, 0.15) is 0 Å². The van der Waals surface area contributed by atoms with Gasteiger partial charge in [0, 0.05) is 26.1 Å². The molecule has 7 heteroatoms. The van der Waals surface area contributed by atoms with Crippen LogP contribution in [0.15, 0.2) is 35.4 Å². The highest BCUT2D eigenvalue weighted by atomic mass is 16.4. The Hall–Kier alpha value is -2.70. The van der Waals surface area contributed by atoms with E-state index in [4.69, 9.17) is 5.11 Å². The van der Waals surface area contributed by atoms with Gasteiger partial charge in [-0.1, -0.05) is 19.1 Å². The summed E-state index contributed by atoms with van der Waals surface area (Å²) in [6.07, 6.45) is 1.60. The monoisotopic (exact) mass is 329 g/mol. The van der Waals surface area contributed by atoms with Crippen molar-refractivity contribution in [2.75, 3.05) is 13.1 Å². The van der Waals surface area contributed by atoms with Crippen LogP contribution in [0.1, 0.15) is 13.3 Å². The summed E-state index contributed by atoms with van der Waals surface area (Å²) in [6.45, 7) is 2.75. The third kappa shape index (κ3) is 3.02. The quantitative estimate of drug-likeness (QED) is 0.902. The van der Waals surface area contributed by atoms with E-state index in [-0.39, 0.29) is 36.9 Å². The summed E-state index contributed by atoms with van der Waals surface area (Å²) in [4.78, 5) is 41.6. The van der Waals surface area contributed by atoms with Crippen molar-refractivity contribution in [3.05, 3.63) is 40.9 Å². The lowest BCUT2D eigenvalue weighted by molar-refractivity contribution is -0.142. The van der Waals surface area contributed by atoms with Crippen LogP contribution in [-0.4, -0.2) is 44.5 Å². The molecule has 0 spiro atoms. The Kier molecular flexibility index (Phi) is 4.33. The first-order valence-electron chi connectivity index (χ1n) is 7.92. The van der Waals surface area contributed by atoms with Gasteiger partial charge >= 0.3 is 5.97 Å². The van der Waals surface area contributed by atoms with E-state index < -0.39 is 11.9 Å². The number of para-hydroxylation sites is 1. The number of carbonyl (C=O) groups excluding carboxylic acids is 1. The summed E-state index contributed by atoms with van der Waals surface area (Å²) in [5.74, 6) is -1.58. The number of benzene rings is 1. The van der Waals surface area contributed by atoms with Crippen molar-refractivity contribution in [2.24, 2.45) is 11.8 Å². The summed E-state index contributed by atoms with van der Waals surface area (Å²) < 4.78 is 1.43. The minimum absolute atomic E-state index is 0.0588. The SMILES string of the molecule is C[C@@H]1CN(C(=O)CCn2cnc3ccccc3c2=O)C[C@H]1C(=O)O. The predicted molar refractivity (Wildman–Crippen MR) is 87.5 cm³/mol. The highest BCUT2D eigenvalue weighted by molar-refractivity contribution is 5.79. The molecule has 2 heterocycles. The molecule has 1 aromatic heterocycles. The minimum atomic E-state index is -0.868. The van der Waals surface area contributed by atoms with E-state index in [2.05, 4.69) is 4.98 Å². The fraction of sp³-hybridized carbons (Fsp3) is 0.412. The lowest BCUT2D eigenvalue weighted by atomic mass is 9.99. The van der Waals surface area contributed by atoms with Crippen molar-refractivity contribution in [1.82, 2.24) is 14.5 Å². The zero-order chi connectivity index (χ0) is 17.3. The molecule has 1 fully saturated rings. The van der Waals surface area contributed by atoms with Crippen LogP contribution in [-0.2, 0) is 16.1 Å². The van der Waals surface area contributed by atoms with E-state index in [0.29, 0.717) is 17.4 Å². The van der Waals surface area contributed by atoms with Gasteiger partial charge in [0.25, 0.3) is 5.56 Å². The van der Waals surface area contributed by atoms with Crippen LogP contribution in [0, 0.1) is 11.8 Å². The van der Waals surface area contributed by atoms with Gasteiger partial charge in [0.2, 0.25) is 5.91 Å². The van der Waals surface area contributed by atoms with Crippen LogP contribution in [0.4, 0.5) is 0 Å². The molecule has 126 valence electrons. The van der Waals surface area contributed by atoms with E-state index in [1.54, 1.807) is 23.1 Å². The molecule has 0 aliphatic carbocycles. The molecule has 2 aromatic rings. The van der Waals surface area contributed by atoms with Crippen molar-refractivity contribution in [2.45, 2.75) is 19.9 Å². The molecule has 3 rings (SSSR count). The number of carboxylic acid groups (broad SMARTS) is 1. The molecule has 1 saturated heterocycles. The van der Waals surface area contributed by atoms with Gasteiger partial charge in [-0.25, -0.2) is 4.98 Å². The summed E-state index contributed by atoms with van der Waals surface area (Å²) in [5, 5.41) is 9.66. The molecule has 1 aromatic carbocycles. The van der Waals surface area contributed by atoms with Gasteiger partial charge in [-0.3, -0.25) is 19.0 Å². The van der Waals surface area contributed by atoms with E-state index in [1.807, 2.05) is 13.0 Å². The first-order valence-corrected chi connectivity index (χ1v) is 7.92. The first kappa shape index (κ1) is 16.2. The summed E-state index contributed by atoms with van der Waals surface area (Å²) in [6, 6.07) is 7.07. The lowest BCUT2D eigenvalue weighted by Gasteiger charge is -2.16. The summed E-state index contributed by atoms with van der Waals surface area (Å²) in [7, 11) is 0. The van der Waals surface area contributed by atoms with Crippen molar-refractivity contribution >= 4 is 22.8 Å². The molecular weight excluding hydrogens is 310 g/mol. The normalized spacial score (nSPS) is 20.5. The molecule has 0 unspecified atom stereocenters. The second-order valence-corrected chi connectivity index (χ2v) is 6.23. The number of rotatable bonds is 4. The number of aromatic nitrogens is 2. The van der Waals surface area contributed by atoms with Crippen LogP contribution < -0.4 is 5.56 Å². The second-order valence-electron chi connectivity index (χ2n) is 6.23. The van der Waals surface area contributed by atoms with Gasteiger partial charge in [0.05, 0.1) is 23.1 Å². The molecule has 1 aliphatic rings. The van der Waals surface area contributed by atoms with E-state index in [0.717, 1.165) is 0 Å². The standard InChI is InChI=1S/C17H19N3O4/c1-11-8-20(9-13(11)17(23)24)15(21)6-7-19-10-18-14-5-3-2-4-12(14)16(19)22/h2-5,10-11,13H,6-9H2,1H3,(H,23,24)/t11-,13-/m1/s1. The minimum Gasteiger partial charge on any atom is -0.481 e. The molecular formula is C17H19N3O4. The van der Waals surface area contributed by atoms with Crippen molar-refractivity contribution < 1.29 is 14.7 Å². The van der Waals surface area contributed by atoms with Crippen LogP contribution in [0.2, 0.25) is 0 Å². The predicted octanol–water partition coefficient (Wildman–Crippen LogP) is 0.966. The lowest BCUT2D eigenvalue weighted by Crippen LogP contribution is -2.31. The van der Waals surface area contributed by atoms with Crippen molar-refractivity contribution in [3.8, 4) is 0 Å². The Morgan fingerprint density at radius 3 is 2.75 bits per heavy atom. The van der Waals surface area contributed by atoms with Gasteiger partial charge in [-0.2, -0.15) is 0 Å². The smallest absolute Gasteiger partial charge is 0.308 e. The maximum absolute atomic E-state index is 12.4. The van der Waals surface area contributed by atoms with E-state index in [1.165, 1.54) is 10.9 Å². The topological polar surface area (TPSA) is 92.5 Å². The molecule has 24 heavy (non-hydrogen) atoms. The average Bonchev–Trinajstić information content (AvgIpc) is 2.96. The zero-order valence-electron chi connectivity index (χ0n) is 13.4. The maximum atomic E-state index is 12.4. The molecule has 0 bridgehead atoms. The Labute approximate surface area is 138 Å². The molecule has 2 atom stereocenters. The Morgan fingerprint density at radius 1 is 1.29 bits per heavy atom. The number of amides is 1. The molecule has 1 N–H and O–H groups in total. The molecule has 0 radical (unpaired) electrons. The van der Waals surface area contributed by atoms with Crippen LogP contribution in [0.25, 0.3) is 10.9 Å². The number of fused-ring (bicyclic) bond motifs is 1. The number of aryl methyl sites for hydroxylation is 1. The average molecular weight is 329 g/mol. The summed E-state index contributed by atoms with van der Waals surface area (Å²) >= 11 is 0. The number of hydrogen-bond donors (Lipinski definition) is 1. The number of aliphatic carboxylic acids is 1. The highest BCUT2D eigenvalue weighted by Crippen LogP contribution is 2.23. The Bertz CT molecular complexity index is 845. The first-order chi connectivity index (χ1) is 11.5. The third-order valence-corrected chi connectivity index (χ3v) is 4.58.